The van der Waals surface area contributed by atoms with Crippen LogP contribution in [-0.4, -0.2) is 27.6 Å². The summed E-state index contributed by atoms with van der Waals surface area (Å²) >= 11 is 0. The average Bonchev–Trinajstić information content (AvgIpc) is 2.88. The minimum atomic E-state index is -0.964. The van der Waals surface area contributed by atoms with Crippen molar-refractivity contribution in [2.24, 2.45) is 0 Å². The molecule has 0 radical (unpaired) electrons. The summed E-state index contributed by atoms with van der Waals surface area (Å²) < 4.78 is 12.6. The molecule has 0 aliphatic rings. The van der Waals surface area contributed by atoms with Gasteiger partial charge in [-0.1, -0.05) is 0 Å². The first kappa shape index (κ1) is 14.9. The van der Waals surface area contributed by atoms with Gasteiger partial charge in [0.05, 0.1) is 18.9 Å². The molecule has 6 nitrogen and oxygen atoms in total. The number of carboxylic acids is 1. The molecule has 0 aliphatic carbocycles. The Morgan fingerprint density at radius 2 is 2.17 bits per heavy atom. The van der Waals surface area contributed by atoms with Crippen LogP contribution in [0.15, 0.2) is 42.7 Å². The second kappa shape index (κ2) is 6.00. The van der Waals surface area contributed by atoms with Crippen LogP contribution in [-0.2, 0) is 6.61 Å². The van der Waals surface area contributed by atoms with Gasteiger partial charge in [0.2, 0.25) is 5.88 Å². The standard InChI is InChI=1S/C17H16N2O4/c1-11-8-13-5-6-14(9-19(13)15(11)17(20)21)23-10-12-4-3-7-18-16(12)22-2/h3-9H,10H2,1-2H3,(H,20,21). The SMILES string of the molecule is COc1ncccc1COc1ccc2cc(C)c(C(=O)O)n2c1. The van der Waals surface area contributed by atoms with Crippen LogP contribution < -0.4 is 9.47 Å². The van der Waals surface area contributed by atoms with Gasteiger partial charge in [0.25, 0.3) is 0 Å². The fourth-order valence-electron chi connectivity index (χ4n) is 2.52. The smallest absolute Gasteiger partial charge is 0.353 e. The van der Waals surface area contributed by atoms with Crippen molar-refractivity contribution in [1.82, 2.24) is 9.38 Å². The van der Waals surface area contributed by atoms with Crippen molar-refractivity contribution in [3.8, 4) is 11.6 Å². The van der Waals surface area contributed by atoms with Crippen molar-refractivity contribution in [2.45, 2.75) is 13.5 Å². The van der Waals surface area contributed by atoms with Crippen LogP contribution in [0.5, 0.6) is 11.6 Å². The number of aromatic nitrogens is 2. The van der Waals surface area contributed by atoms with Crippen molar-refractivity contribution >= 4 is 11.5 Å². The lowest BCUT2D eigenvalue weighted by atomic mass is 10.3. The lowest BCUT2D eigenvalue weighted by Crippen LogP contribution is -2.04. The number of carboxylic acid groups (broad SMARTS) is 1. The number of methoxy groups -OCH3 is 1. The van der Waals surface area contributed by atoms with E-state index in [1.165, 1.54) is 0 Å². The van der Waals surface area contributed by atoms with E-state index >= 15 is 0 Å². The summed E-state index contributed by atoms with van der Waals surface area (Å²) in [6.07, 6.45) is 3.32. The Hall–Kier alpha value is -3.02. The van der Waals surface area contributed by atoms with Gasteiger partial charge in [-0.25, -0.2) is 9.78 Å². The molecule has 23 heavy (non-hydrogen) atoms. The Kier molecular flexibility index (Phi) is 3.89. The normalized spacial score (nSPS) is 10.7. The molecule has 0 aromatic carbocycles. The summed E-state index contributed by atoms with van der Waals surface area (Å²) in [4.78, 5) is 15.5. The number of nitrogens with zero attached hydrogens (tertiary/aromatic N) is 2. The zero-order valence-electron chi connectivity index (χ0n) is 12.8. The van der Waals surface area contributed by atoms with Gasteiger partial charge < -0.3 is 19.0 Å². The molecule has 0 saturated heterocycles. The van der Waals surface area contributed by atoms with Gasteiger partial charge in [-0.2, -0.15) is 0 Å². The Labute approximate surface area is 132 Å². The number of ether oxygens (including phenoxy) is 2. The highest BCUT2D eigenvalue weighted by atomic mass is 16.5. The lowest BCUT2D eigenvalue weighted by molar-refractivity contribution is 0.0688. The topological polar surface area (TPSA) is 73.1 Å². The Morgan fingerprint density at radius 3 is 2.91 bits per heavy atom. The lowest BCUT2D eigenvalue weighted by Gasteiger charge is -2.10. The molecule has 0 bridgehead atoms. The van der Waals surface area contributed by atoms with E-state index in [0.29, 0.717) is 17.2 Å². The number of aromatic carboxylic acids is 1. The fourth-order valence-corrected chi connectivity index (χ4v) is 2.52. The predicted molar refractivity (Wildman–Crippen MR) is 84.2 cm³/mol. The minimum absolute atomic E-state index is 0.240. The Morgan fingerprint density at radius 1 is 1.35 bits per heavy atom. The Bertz CT molecular complexity index is 870. The largest absolute Gasteiger partial charge is 0.487 e. The maximum Gasteiger partial charge on any atom is 0.353 e. The molecule has 0 saturated carbocycles. The van der Waals surface area contributed by atoms with Crippen molar-refractivity contribution in [3.05, 3.63) is 59.5 Å². The number of hydrogen-bond donors (Lipinski definition) is 1. The number of fused-ring (bicyclic) bond motifs is 1. The maximum absolute atomic E-state index is 11.4. The van der Waals surface area contributed by atoms with E-state index in [9.17, 15) is 9.90 Å². The summed E-state index contributed by atoms with van der Waals surface area (Å²) in [6, 6.07) is 9.14. The van der Waals surface area contributed by atoms with Crippen LogP contribution in [0, 0.1) is 6.92 Å². The fraction of sp³-hybridized carbons (Fsp3) is 0.176. The molecular weight excluding hydrogens is 296 g/mol. The number of hydrogen-bond acceptors (Lipinski definition) is 4. The predicted octanol–water partition coefficient (Wildman–Crippen LogP) is 2.93. The first-order valence-electron chi connectivity index (χ1n) is 7.06. The highest BCUT2D eigenvalue weighted by Gasteiger charge is 2.14. The summed E-state index contributed by atoms with van der Waals surface area (Å²) in [5.74, 6) is 0.117. The molecule has 0 amide bonds. The van der Waals surface area contributed by atoms with E-state index in [0.717, 1.165) is 11.1 Å². The van der Waals surface area contributed by atoms with Crippen LogP contribution in [0.25, 0.3) is 5.52 Å². The van der Waals surface area contributed by atoms with Gasteiger partial charge in [0.1, 0.15) is 18.1 Å². The summed E-state index contributed by atoms with van der Waals surface area (Å²) in [5.41, 5.74) is 2.58. The van der Waals surface area contributed by atoms with E-state index < -0.39 is 5.97 Å². The molecule has 6 heteroatoms. The zero-order valence-corrected chi connectivity index (χ0v) is 12.8. The third kappa shape index (κ3) is 2.83. The van der Waals surface area contributed by atoms with Gasteiger partial charge in [-0.15, -0.1) is 0 Å². The van der Waals surface area contributed by atoms with Crippen molar-refractivity contribution in [1.29, 1.82) is 0 Å². The molecule has 0 spiro atoms. The second-order valence-corrected chi connectivity index (χ2v) is 5.10. The number of carbonyl (C=O) groups is 1. The third-order valence-electron chi connectivity index (χ3n) is 3.57. The maximum atomic E-state index is 11.4. The molecule has 0 atom stereocenters. The van der Waals surface area contributed by atoms with E-state index in [-0.39, 0.29) is 12.3 Å². The number of pyridine rings is 2. The summed E-state index contributed by atoms with van der Waals surface area (Å²) in [5, 5.41) is 9.33. The quantitative estimate of drug-likeness (QED) is 0.784. The molecule has 1 N–H and O–H groups in total. The van der Waals surface area contributed by atoms with E-state index in [2.05, 4.69) is 4.98 Å². The van der Waals surface area contributed by atoms with E-state index in [4.69, 9.17) is 9.47 Å². The molecule has 0 unspecified atom stereocenters. The highest BCUT2D eigenvalue weighted by Crippen LogP contribution is 2.22. The zero-order chi connectivity index (χ0) is 16.4. The van der Waals surface area contributed by atoms with Crippen LogP contribution in [0.1, 0.15) is 21.6 Å². The van der Waals surface area contributed by atoms with Crippen LogP contribution in [0.2, 0.25) is 0 Å². The first-order valence-corrected chi connectivity index (χ1v) is 7.06. The molecule has 3 aromatic rings. The van der Waals surface area contributed by atoms with Crippen molar-refractivity contribution in [3.63, 3.8) is 0 Å². The second-order valence-electron chi connectivity index (χ2n) is 5.10. The highest BCUT2D eigenvalue weighted by molar-refractivity contribution is 5.89. The Balaban J connectivity index is 1.89. The third-order valence-corrected chi connectivity index (χ3v) is 3.57. The molecule has 0 aliphatic heterocycles. The van der Waals surface area contributed by atoms with E-state index in [1.807, 2.05) is 30.3 Å². The summed E-state index contributed by atoms with van der Waals surface area (Å²) in [6.45, 7) is 2.06. The minimum Gasteiger partial charge on any atom is -0.487 e. The molecule has 3 heterocycles. The van der Waals surface area contributed by atoms with Crippen LogP contribution in [0.3, 0.4) is 0 Å². The molecule has 0 fully saturated rings. The van der Waals surface area contributed by atoms with Gasteiger partial charge in [-0.05, 0) is 42.8 Å². The van der Waals surface area contributed by atoms with E-state index in [1.54, 1.807) is 30.8 Å². The monoisotopic (exact) mass is 312 g/mol. The van der Waals surface area contributed by atoms with Crippen molar-refractivity contribution < 1.29 is 19.4 Å². The molecule has 3 rings (SSSR count). The van der Waals surface area contributed by atoms with Gasteiger partial charge in [0.15, 0.2) is 0 Å². The van der Waals surface area contributed by atoms with Gasteiger partial charge in [0, 0.05) is 11.7 Å². The van der Waals surface area contributed by atoms with Crippen LogP contribution in [0.4, 0.5) is 0 Å². The molecule has 118 valence electrons. The van der Waals surface area contributed by atoms with Crippen LogP contribution >= 0.6 is 0 Å². The number of aryl methyl sites for hydroxylation is 1. The molecular formula is C17H16N2O4. The van der Waals surface area contributed by atoms with Crippen molar-refractivity contribution in [2.75, 3.05) is 7.11 Å². The average molecular weight is 312 g/mol. The first-order chi connectivity index (χ1) is 11.1. The van der Waals surface area contributed by atoms with Gasteiger partial charge in [-0.3, -0.25) is 0 Å². The summed E-state index contributed by atoms with van der Waals surface area (Å²) in [7, 11) is 1.56. The molecule has 3 aromatic heterocycles. The van der Waals surface area contributed by atoms with Gasteiger partial charge >= 0.3 is 5.97 Å². The number of rotatable bonds is 5.